The molecule has 0 unspecified atom stereocenters. The van der Waals surface area contributed by atoms with Gasteiger partial charge >= 0.3 is 6.18 Å². The lowest BCUT2D eigenvalue weighted by Crippen LogP contribution is -2.23. The Morgan fingerprint density at radius 2 is 1.61 bits per heavy atom. The number of alkyl halides is 3. The average Bonchev–Trinajstić information content (AvgIpc) is 2.81. The van der Waals surface area contributed by atoms with E-state index in [-0.39, 0.29) is 28.8 Å². The molecule has 0 saturated carbocycles. The van der Waals surface area contributed by atoms with Gasteiger partial charge in [-0.2, -0.15) is 13.2 Å². The molecule has 3 rings (SSSR count). The number of halogens is 4. The Morgan fingerprint density at radius 3 is 2.18 bits per heavy atom. The number of carbonyl (C=O) groups excluding carboxylic acids is 1. The van der Waals surface area contributed by atoms with Crippen LogP contribution >= 0.6 is 0 Å². The predicted octanol–water partition coefficient (Wildman–Crippen LogP) is 4.95. The molecule has 0 radical (unpaired) electrons. The highest BCUT2D eigenvalue weighted by atomic mass is 19.4. The van der Waals surface area contributed by atoms with Crippen molar-refractivity contribution in [3.63, 3.8) is 0 Å². The van der Waals surface area contributed by atoms with Gasteiger partial charge in [0.15, 0.2) is 0 Å². The second kappa shape index (κ2) is 9.91. The van der Waals surface area contributed by atoms with Gasteiger partial charge in [0, 0.05) is 18.2 Å². The largest absolute Gasteiger partial charge is 0.497 e. The van der Waals surface area contributed by atoms with Crippen molar-refractivity contribution in [2.75, 3.05) is 14.2 Å². The molecule has 0 aliphatic rings. The quantitative estimate of drug-likeness (QED) is 0.487. The third kappa shape index (κ3) is 5.81. The number of hydrogen-bond donors (Lipinski definition) is 2. The minimum atomic E-state index is -4.81. The van der Waals surface area contributed by atoms with Gasteiger partial charge in [0.05, 0.1) is 26.4 Å². The van der Waals surface area contributed by atoms with Crippen molar-refractivity contribution in [3.05, 3.63) is 82.7 Å². The number of ether oxygens (including phenoxy) is 2. The van der Waals surface area contributed by atoms with E-state index in [4.69, 9.17) is 9.47 Å². The molecule has 3 aromatic carbocycles. The van der Waals surface area contributed by atoms with E-state index >= 15 is 0 Å². The monoisotopic (exact) mass is 463 g/mol. The van der Waals surface area contributed by atoms with Gasteiger partial charge in [-0.1, -0.05) is 6.07 Å². The molecule has 174 valence electrons. The highest BCUT2D eigenvalue weighted by Crippen LogP contribution is 2.38. The van der Waals surface area contributed by atoms with Crippen molar-refractivity contribution < 1.29 is 36.9 Å². The van der Waals surface area contributed by atoms with E-state index in [0.717, 1.165) is 12.1 Å². The van der Waals surface area contributed by atoms with Crippen LogP contribution in [0.15, 0.2) is 54.6 Å². The molecule has 0 atom stereocenters. The number of carbonyl (C=O) groups is 1. The summed E-state index contributed by atoms with van der Waals surface area (Å²) < 4.78 is 64.3. The SMILES string of the molecule is COc1cc(CNC(=O)c2cc(CO)cc(-c3ccc(F)cc3C(F)(F)F)c2)cc(OC)c1. The van der Waals surface area contributed by atoms with Crippen molar-refractivity contribution in [1.82, 2.24) is 5.32 Å². The molecule has 0 heterocycles. The van der Waals surface area contributed by atoms with Gasteiger partial charge in [-0.15, -0.1) is 0 Å². The van der Waals surface area contributed by atoms with Gasteiger partial charge < -0.3 is 19.9 Å². The zero-order valence-corrected chi connectivity index (χ0v) is 17.8. The number of hydrogen-bond acceptors (Lipinski definition) is 4. The fourth-order valence-electron chi connectivity index (χ4n) is 3.33. The minimum absolute atomic E-state index is 0.0297. The van der Waals surface area contributed by atoms with E-state index in [1.165, 1.54) is 32.4 Å². The normalized spacial score (nSPS) is 11.2. The van der Waals surface area contributed by atoms with Crippen LogP contribution < -0.4 is 14.8 Å². The first-order valence-electron chi connectivity index (χ1n) is 9.76. The first kappa shape index (κ1) is 24.1. The molecule has 0 saturated heterocycles. The van der Waals surface area contributed by atoms with Crippen molar-refractivity contribution in [2.45, 2.75) is 19.3 Å². The Hall–Kier alpha value is -3.59. The van der Waals surface area contributed by atoms with Gasteiger partial charge in [0.1, 0.15) is 17.3 Å². The van der Waals surface area contributed by atoms with Crippen LogP contribution in [-0.2, 0) is 19.3 Å². The van der Waals surface area contributed by atoms with E-state index in [2.05, 4.69) is 5.32 Å². The maximum atomic E-state index is 13.5. The van der Waals surface area contributed by atoms with Crippen molar-refractivity contribution in [2.24, 2.45) is 0 Å². The number of rotatable bonds is 7. The van der Waals surface area contributed by atoms with Gasteiger partial charge in [-0.25, -0.2) is 4.39 Å². The second-order valence-corrected chi connectivity index (χ2v) is 7.17. The summed E-state index contributed by atoms with van der Waals surface area (Å²) >= 11 is 0. The molecule has 0 bridgehead atoms. The highest BCUT2D eigenvalue weighted by Gasteiger charge is 2.34. The highest BCUT2D eigenvalue weighted by molar-refractivity contribution is 5.96. The van der Waals surface area contributed by atoms with Crippen LogP contribution in [-0.4, -0.2) is 25.2 Å². The average molecular weight is 463 g/mol. The summed E-state index contributed by atoms with van der Waals surface area (Å²) in [4.78, 5) is 12.8. The first-order valence-corrected chi connectivity index (χ1v) is 9.76. The van der Waals surface area contributed by atoms with Gasteiger partial charge in [0.25, 0.3) is 5.91 Å². The van der Waals surface area contributed by atoms with E-state index < -0.39 is 30.1 Å². The van der Waals surface area contributed by atoms with Crippen molar-refractivity contribution in [3.8, 4) is 22.6 Å². The zero-order chi connectivity index (χ0) is 24.2. The number of nitrogens with one attached hydrogen (secondary N) is 1. The van der Waals surface area contributed by atoms with Crippen LogP contribution in [0.3, 0.4) is 0 Å². The van der Waals surface area contributed by atoms with Crippen LogP contribution in [0.25, 0.3) is 11.1 Å². The lowest BCUT2D eigenvalue weighted by atomic mass is 9.95. The third-order valence-electron chi connectivity index (χ3n) is 4.90. The molecule has 3 aromatic rings. The molecule has 5 nitrogen and oxygen atoms in total. The molecule has 0 aliphatic heterocycles. The van der Waals surface area contributed by atoms with Crippen molar-refractivity contribution in [1.29, 1.82) is 0 Å². The van der Waals surface area contributed by atoms with Crippen LogP contribution in [0.2, 0.25) is 0 Å². The van der Waals surface area contributed by atoms with Crippen LogP contribution in [0.5, 0.6) is 11.5 Å². The topological polar surface area (TPSA) is 67.8 Å². The molecule has 0 fully saturated rings. The fraction of sp³-hybridized carbons (Fsp3) is 0.208. The van der Waals surface area contributed by atoms with E-state index in [9.17, 15) is 27.5 Å². The van der Waals surface area contributed by atoms with E-state index in [1.54, 1.807) is 18.2 Å². The second-order valence-electron chi connectivity index (χ2n) is 7.17. The number of aliphatic hydroxyl groups is 1. The standard InChI is InChI=1S/C24H21F4NO4/c1-32-19-7-14(8-20(11-19)33-2)12-29-23(31)17-6-15(13-30)5-16(9-17)21-4-3-18(25)10-22(21)24(26,27)28/h3-11,30H,12-13H2,1-2H3,(H,29,31). The summed E-state index contributed by atoms with van der Waals surface area (Å²) in [7, 11) is 2.98. The summed E-state index contributed by atoms with van der Waals surface area (Å²) in [5, 5.41) is 12.3. The van der Waals surface area contributed by atoms with Crippen LogP contribution in [0, 0.1) is 5.82 Å². The molecule has 33 heavy (non-hydrogen) atoms. The Morgan fingerprint density at radius 1 is 0.939 bits per heavy atom. The first-order chi connectivity index (χ1) is 15.6. The minimum Gasteiger partial charge on any atom is -0.497 e. The number of benzene rings is 3. The summed E-state index contributed by atoms with van der Waals surface area (Å²) in [6, 6.07) is 11.3. The molecule has 1 amide bonds. The summed E-state index contributed by atoms with van der Waals surface area (Å²) in [6.45, 7) is -0.404. The molecule has 0 spiro atoms. The van der Waals surface area contributed by atoms with Gasteiger partial charge in [-0.05, 0) is 64.7 Å². The molecule has 0 aromatic heterocycles. The van der Waals surface area contributed by atoms with Crippen LogP contribution in [0.4, 0.5) is 17.6 Å². The third-order valence-corrected chi connectivity index (χ3v) is 4.90. The van der Waals surface area contributed by atoms with Gasteiger partial charge in [0.2, 0.25) is 0 Å². The number of methoxy groups -OCH3 is 2. The molecule has 2 N–H and O–H groups in total. The van der Waals surface area contributed by atoms with Gasteiger partial charge in [-0.3, -0.25) is 4.79 Å². The Balaban J connectivity index is 1.93. The number of amides is 1. The number of aliphatic hydroxyl groups excluding tert-OH is 1. The maximum absolute atomic E-state index is 13.5. The van der Waals surface area contributed by atoms with E-state index in [0.29, 0.717) is 23.1 Å². The lowest BCUT2D eigenvalue weighted by molar-refractivity contribution is -0.137. The summed E-state index contributed by atoms with van der Waals surface area (Å²) in [5.74, 6) is -0.543. The fourth-order valence-corrected chi connectivity index (χ4v) is 3.33. The molecular formula is C24H21F4NO4. The zero-order valence-electron chi connectivity index (χ0n) is 17.8. The van der Waals surface area contributed by atoms with Crippen LogP contribution in [0.1, 0.15) is 27.0 Å². The smallest absolute Gasteiger partial charge is 0.417 e. The summed E-state index contributed by atoms with van der Waals surface area (Å²) in [6.07, 6.45) is -4.81. The molecular weight excluding hydrogens is 442 g/mol. The maximum Gasteiger partial charge on any atom is 0.417 e. The van der Waals surface area contributed by atoms with Crippen molar-refractivity contribution >= 4 is 5.91 Å². The summed E-state index contributed by atoms with van der Waals surface area (Å²) in [5.41, 5.74) is -0.488. The Labute approximate surface area is 187 Å². The Kier molecular flexibility index (Phi) is 7.23. The predicted molar refractivity (Wildman–Crippen MR) is 113 cm³/mol. The molecule has 0 aliphatic carbocycles. The molecule has 9 heteroatoms. The Bertz CT molecular complexity index is 1140. The lowest BCUT2D eigenvalue weighted by Gasteiger charge is -2.15. The van der Waals surface area contributed by atoms with E-state index in [1.807, 2.05) is 0 Å².